The van der Waals surface area contributed by atoms with Crippen molar-refractivity contribution < 1.29 is 19.0 Å². The number of aromatic nitrogens is 2. The molecule has 5 rings (SSSR count). The van der Waals surface area contributed by atoms with Crippen molar-refractivity contribution in [3.05, 3.63) is 59.7 Å². The zero-order valence-electron chi connectivity index (χ0n) is 15.2. The second-order valence-corrected chi connectivity index (χ2v) is 6.87. The largest absolute Gasteiger partial charge is 0.507 e. The first-order valence-corrected chi connectivity index (χ1v) is 8.79. The number of oxazole rings is 2. The summed E-state index contributed by atoms with van der Waals surface area (Å²) >= 11 is 0. The number of aryl methyl sites for hydroxylation is 2. The minimum atomic E-state index is -0.0884. The summed E-state index contributed by atoms with van der Waals surface area (Å²) in [5.74, 6) is 0.283. The Morgan fingerprint density at radius 1 is 0.643 bits per heavy atom. The molecule has 0 spiro atoms. The summed E-state index contributed by atoms with van der Waals surface area (Å²) in [5.41, 5.74) is 5.29. The maximum atomic E-state index is 10.5. The zero-order chi connectivity index (χ0) is 19.4. The van der Waals surface area contributed by atoms with Gasteiger partial charge in [-0.05, 0) is 61.4 Å². The van der Waals surface area contributed by atoms with E-state index in [0.29, 0.717) is 33.3 Å². The molecule has 0 amide bonds. The Morgan fingerprint density at radius 3 is 1.50 bits per heavy atom. The van der Waals surface area contributed by atoms with E-state index in [1.165, 1.54) is 12.1 Å². The summed E-state index contributed by atoms with van der Waals surface area (Å²) in [6.45, 7) is 3.93. The number of fused-ring (bicyclic) bond motifs is 2. The lowest BCUT2D eigenvalue weighted by molar-refractivity contribution is 0.458. The average molecular weight is 372 g/mol. The Hall–Kier alpha value is -3.80. The smallest absolute Gasteiger partial charge is 0.231 e. The standard InChI is InChI=1S/C22H16N2O4/c1-11-3-5-19-15(7-11)23-21(27-19)13-9-18(26)14(10-17(13)25)22-24-16-8-12(2)4-6-20(16)28-22/h3-10,25-26H,1-2H3. The Kier molecular flexibility index (Phi) is 3.42. The fourth-order valence-electron chi connectivity index (χ4n) is 3.22. The van der Waals surface area contributed by atoms with Gasteiger partial charge in [0.2, 0.25) is 11.8 Å². The highest BCUT2D eigenvalue weighted by Crippen LogP contribution is 2.40. The van der Waals surface area contributed by atoms with Crippen LogP contribution in [0.1, 0.15) is 11.1 Å². The highest BCUT2D eigenvalue weighted by molar-refractivity contribution is 5.82. The number of hydrogen-bond acceptors (Lipinski definition) is 6. The second-order valence-electron chi connectivity index (χ2n) is 6.87. The lowest BCUT2D eigenvalue weighted by atomic mass is 10.1. The fourth-order valence-corrected chi connectivity index (χ4v) is 3.22. The molecule has 0 saturated carbocycles. The Morgan fingerprint density at radius 2 is 1.07 bits per heavy atom. The second kappa shape index (κ2) is 5.85. The molecular weight excluding hydrogens is 356 g/mol. The first-order valence-electron chi connectivity index (χ1n) is 8.79. The van der Waals surface area contributed by atoms with Crippen molar-refractivity contribution in [1.29, 1.82) is 0 Å². The van der Waals surface area contributed by atoms with Crippen molar-refractivity contribution in [2.45, 2.75) is 13.8 Å². The van der Waals surface area contributed by atoms with E-state index in [1.54, 1.807) is 0 Å². The van der Waals surface area contributed by atoms with Crippen molar-refractivity contribution in [3.8, 4) is 34.4 Å². The van der Waals surface area contributed by atoms with Crippen LogP contribution in [0, 0.1) is 13.8 Å². The van der Waals surface area contributed by atoms with Crippen molar-refractivity contribution in [1.82, 2.24) is 9.97 Å². The monoisotopic (exact) mass is 372 g/mol. The SMILES string of the molecule is Cc1ccc2oc(-c3cc(O)c(-c4nc5cc(C)ccc5o4)cc3O)nc2c1. The number of benzene rings is 3. The van der Waals surface area contributed by atoms with Crippen molar-refractivity contribution in [2.24, 2.45) is 0 Å². The van der Waals surface area contributed by atoms with Crippen molar-refractivity contribution in [2.75, 3.05) is 0 Å². The summed E-state index contributed by atoms with van der Waals surface area (Å²) in [5, 5.41) is 21.1. The number of nitrogens with zero attached hydrogens (tertiary/aromatic N) is 2. The molecule has 2 aromatic heterocycles. The van der Waals surface area contributed by atoms with E-state index in [4.69, 9.17) is 8.83 Å². The van der Waals surface area contributed by atoms with Crippen LogP contribution in [0.3, 0.4) is 0 Å². The molecule has 0 radical (unpaired) electrons. The Labute approximate surface area is 159 Å². The van der Waals surface area contributed by atoms with Crippen LogP contribution in [0.25, 0.3) is 45.1 Å². The van der Waals surface area contributed by atoms with Gasteiger partial charge in [-0.15, -0.1) is 0 Å². The highest BCUT2D eigenvalue weighted by atomic mass is 16.4. The summed E-state index contributed by atoms with van der Waals surface area (Å²) in [6.07, 6.45) is 0. The number of hydrogen-bond donors (Lipinski definition) is 2. The Balaban J connectivity index is 1.62. The maximum Gasteiger partial charge on any atom is 0.231 e. The van der Waals surface area contributed by atoms with E-state index in [9.17, 15) is 10.2 Å². The number of rotatable bonds is 2. The molecule has 0 unspecified atom stereocenters. The molecule has 6 nitrogen and oxygen atoms in total. The summed E-state index contributed by atoms with van der Waals surface area (Å²) in [4.78, 5) is 8.83. The molecule has 0 bridgehead atoms. The van der Waals surface area contributed by atoms with Gasteiger partial charge in [-0.2, -0.15) is 0 Å². The van der Waals surface area contributed by atoms with Crippen LogP contribution >= 0.6 is 0 Å². The Bertz CT molecular complexity index is 1260. The predicted octanol–water partition coefficient (Wildman–Crippen LogP) is 5.33. The molecule has 0 fully saturated rings. The number of aromatic hydroxyl groups is 2. The molecule has 0 aliphatic carbocycles. The van der Waals surface area contributed by atoms with Gasteiger partial charge in [-0.1, -0.05) is 12.1 Å². The van der Waals surface area contributed by atoms with Gasteiger partial charge in [0.05, 0.1) is 11.1 Å². The van der Waals surface area contributed by atoms with Crippen molar-refractivity contribution in [3.63, 3.8) is 0 Å². The third kappa shape index (κ3) is 2.58. The van der Waals surface area contributed by atoms with Crippen LogP contribution in [0.4, 0.5) is 0 Å². The topological polar surface area (TPSA) is 92.5 Å². The first kappa shape index (κ1) is 16.4. The lowest BCUT2D eigenvalue weighted by Gasteiger charge is -2.05. The van der Waals surface area contributed by atoms with Gasteiger partial charge in [-0.3, -0.25) is 0 Å². The minimum Gasteiger partial charge on any atom is -0.507 e. The third-order valence-electron chi connectivity index (χ3n) is 4.66. The lowest BCUT2D eigenvalue weighted by Crippen LogP contribution is -1.84. The van der Waals surface area contributed by atoms with Gasteiger partial charge in [-0.25, -0.2) is 9.97 Å². The van der Waals surface area contributed by atoms with E-state index in [1.807, 2.05) is 50.2 Å². The van der Waals surface area contributed by atoms with E-state index in [-0.39, 0.29) is 23.3 Å². The van der Waals surface area contributed by atoms with Crippen LogP contribution in [-0.2, 0) is 0 Å². The number of phenols is 2. The molecule has 28 heavy (non-hydrogen) atoms. The molecule has 5 aromatic rings. The summed E-state index contributed by atoms with van der Waals surface area (Å²) in [7, 11) is 0. The first-order chi connectivity index (χ1) is 13.5. The molecule has 2 N–H and O–H groups in total. The molecule has 6 heteroatoms. The molecule has 0 aliphatic rings. The molecular formula is C22H16N2O4. The van der Waals surface area contributed by atoms with E-state index in [2.05, 4.69) is 9.97 Å². The highest BCUT2D eigenvalue weighted by Gasteiger charge is 2.19. The van der Waals surface area contributed by atoms with Crippen LogP contribution < -0.4 is 0 Å². The van der Waals surface area contributed by atoms with Gasteiger partial charge in [0.25, 0.3) is 0 Å². The third-order valence-corrected chi connectivity index (χ3v) is 4.66. The molecule has 138 valence electrons. The van der Waals surface area contributed by atoms with Gasteiger partial charge in [0, 0.05) is 0 Å². The zero-order valence-corrected chi connectivity index (χ0v) is 15.2. The van der Waals surface area contributed by atoms with Crippen LogP contribution in [0.2, 0.25) is 0 Å². The summed E-state index contributed by atoms with van der Waals surface area (Å²) in [6, 6.07) is 14.1. The van der Waals surface area contributed by atoms with Gasteiger partial charge in [0.15, 0.2) is 11.2 Å². The molecule has 0 saturated heterocycles. The molecule has 3 aromatic carbocycles. The maximum absolute atomic E-state index is 10.5. The molecule has 0 aliphatic heterocycles. The fraction of sp³-hybridized carbons (Fsp3) is 0.0909. The van der Waals surface area contributed by atoms with Crippen molar-refractivity contribution >= 4 is 22.2 Å². The average Bonchev–Trinajstić information content (AvgIpc) is 3.26. The molecule has 2 heterocycles. The van der Waals surface area contributed by atoms with Gasteiger partial charge >= 0.3 is 0 Å². The van der Waals surface area contributed by atoms with Gasteiger partial charge < -0.3 is 19.0 Å². The van der Waals surface area contributed by atoms with Gasteiger partial charge in [0.1, 0.15) is 22.5 Å². The number of phenolic OH excluding ortho intramolecular Hbond substituents is 2. The molecule has 0 atom stereocenters. The van der Waals surface area contributed by atoms with Crippen LogP contribution in [-0.4, -0.2) is 20.2 Å². The van der Waals surface area contributed by atoms with Crippen LogP contribution in [0.5, 0.6) is 11.5 Å². The summed E-state index contributed by atoms with van der Waals surface area (Å²) < 4.78 is 11.5. The van der Waals surface area contributed by atoms with Crippen LogP contribution in [0.15, 0.2) is 57.4 Å². The normalized spacial score (nSPS) is 11.5. The predicted molar refractivity (Wildman–Crippen MR) is 105 cm³/mol. The quantitative estimate of drug-likeness (QED) is 0.407. The minimum absolute atomic E-state index is 0.0884. The van der Waals surface area contributed by atoms with E-state index in [0.717, 1.165) is 11.1 Å². The van der Waals surface area contributed by atoms with E-state index >= 15 is 0 Å². The van der Waals surface area contributed by atoms with E-state index < -0.39 is 0 Å².